The predicted octanol–water partition coefficient (Wildman–Crippen LogP) is 5.14. The van der Waals surface area contributed by atoms with Gasteiger partial charge in [0.15, 0.2) is 0 Å². The first-order chi connectivity index (χ1) is 11.5. The van der Waals surface area contributed by atoms with E-state index in [0.717, 1.165) is 16.7 Å². The average Bonchev–Trinajstić information content (AvgIpc) is 3.00. The Kier molecular flexibility index (Phi) is 10.0. The van der Waals surface area contributed by atoms with Crippen molar-refractivity contribution in [2.45, 2.75) is 68.7 Å². The van der Waals surface area contributed by atoms with Crippen LogP contribution in [0.5, 0.6) is 5.75 Å². The SMILES string of the molecule is C[C](C)=[Ti]([O]c1c(C)c(C)c(C)c([SiH3])c1C)[C]1=C(C(C)(C)C)C=CC1.Cl.Cl. The summed E-state index contributed by atoms with van der Waals surface area (Å²) in [4.78, 5) is 0. The Balaban J connectivity index is 0.00000338. The summed E-state index contributed by atoms with van der Waals surface area (Å²) in [5.74, 6) is 1.18. The summed E-state index contributed by atoms with van der Waals surface area (Å²) in [5.41, 5.74) is 7.28. The number of rotatable bonds is 3. The van der Waals surface area contributed by atoms with Crippen molar-refractivity contribution in [1.29, 1.82) is 0 Å². The summed E-state index contributed by atoms with van der Waals surface area (Å²) in [7, 11) is 1.08. The Bertz CT molecular complexity index is 782. The third kappa shape index (κ3) is 5.48. The molecule has 27 heavy (non-hydrogen) atoms. The summed E-state index contributed by atoms with van der Waals surface area (Å²) in [6.07, 6.45) is 5.74. The molecule has 0 saturated heterocycles. The van der Waals surface area contributed by atoms with E-state index in [1.54, 1.807) is 3.88 Å². The van der Waals surface area contributed by atoms with Crippen molar-refractivity contribution in [1.82, 2.24) is 0 Å². The molecule has 5 heteroatoms. The molecule has 0 unspecified atom stereocenters. The third-order valence-electron chi connectivity index (χ3n) is 5.60. The van der Waals surface area contributed by atoms with Gasteiger partial charge in [0.1, 0.15) is 0 Å². The molecule has 0 N–H and O–H groups in total. The second kappa shape index (κ2) is 10.1. The van der Waals surface area contributed by atoms with Gasteiger partial charge in [0.2, 0.25) is 0 Å². The normalized spacial score (nSPS) is 13.4. The molecule has 0 aromatic heterocycles. The van der Waals surface area contributed by atoms with Crippen molar-refractivity contribution >= 4 is 44.1 Å². The van der Waals surface area contributed by atoms with Crippen LogP contribution < -0.4 is 8.51 Å². The maximum Gasteiger partial charge on any atom is -0.147 e. The van der Waals surface area contributed by atoms with Gasteiger partial charge in [0.25, 0.3) is 0 Å². The van der Waals surface area contributed by atoms with Crippen molar-refractivity contribution in [3.63, 3.8) is 0 Å². The fourth-order valence-corrected chi connectivity index (χ4v) is 8.03. The summed E-state index contributed by atoms with van der Waals surface area (Å²) in [6.45, 7) is 20.5. The quantitative estimate of drug-likeness (QED) is 0.565. The topological polar surface area (TPSA) is 9.23 Å². The van der Waals surface area contributed by atoms with Crippen LogP contribution in [0.1, 0.15) is 63.3 Å². The number of halogens is 2. The minimum absolute atomic E-state index is 0. The van der Waals surface area contributed by atoms with Gasteiger partial charge in [0, 0.05) is 0 Å². The van der Waals surface area contributed by atoms with Gasteiger partial charge in [-0.2, -0.15) is 0 Å². The maximum absolute atomic E-state index is 6.92. The van der Waals surface area contributed by atoms with Gasteiger partial charge in [0.05, 0.1) is 0 Å². The maximum atomic E-state index is 6.92. The van der Waals surface area contributed by atoms with Crippen LogP contribution in [0.3, 0.4) is 0 Å². The van der Waals surface area contributed by atoms with E-state index in [2.05, 4.69) is 74.5 Å². The van der Waals surface area contributed by atoms with Gasteiger partial charge in [-0.05, 0) is 0 Å². The largest absolute Gasteiger partial charge is 0.147 e. The van der Waals surface area contributed by atoms with Crippen LogP contribution in [0.2, 0.25) is 0 Å². The van der Waals surface area contributed by atoms with Crippen LogP contribution >= 0.6 is 24.8 Å². The molecule has 2 rings (SSSR count). The number of allylic oxidation sites excluding steroid dienone is 4. The summed E-state index contributed by atoms with van der Waals surface area (Å²) >= 11 is -1.94. The van der Waals surface area contributed by atoms with E-state index in [1.807, 2.05) is 0 Å². The fraction of sp³-hybridized carbons (Fsp3) is 0.500. The Morgan fingerprint density at radius 1 is 0.963 bits per heavy atom. The van der Waals surface area contributed by atoms with E-state index < -0.39 is 17.8 Å². The average molecular weight is 463 g/mol. The molecule has 1 aliphatic carbocycles. The smallest absolute Gasteiger partial charge is 0.147 e. The Hall–Kier alpha value is -0.119. The predicted molar refractivity (Wildman–Crippen MR) is 127 cm³/mol. The first-order valence-corrected chi connectivity index (χ1v) is 12.5. The van der Waals surface area contributed by atoms with Crippen LogP contribution in [-0.2, 0) is 17.8 Å². The molecule has 0 bridgehead atoms. The van der Waals surface area contributed by atoms with Gasteiger partial charge in [-0.1, -0.05) is 0 Å². The van der Waals surface area contributed by atoms with E-state index in [-0.39, 0.29) is 30.2 Å². The summed E-state index contributed by atoms with van der Waals surface area (Å²) in [6, 6.07) is 0. The molecule has 1 aliphatic rings. The molecular formula is C22H36Cl2OSiTi. The van der Waals surface area contributed by atoms with Crippen LogP contribution in [0, 0.1) is 33.1 Å². The van der Waals surface area contributed by atoms with Crippen molar-refractivity contribution < 1.29 is 21.1 Å². The Labute approximate surface area is 188 Å². The molecule has 0 heterocycles. The fourth-order valence-electron chi connectivity index (χ4n) is 3.61. The first-order valence-electron chi connectivity index (χ1n) is 9.29. The molecular weight excluding hydrogens is 427 g/mol. The van der Waals surface area contributed by atoms with E-state index in [9.17, 15) is 0 Å². The van der Waals surface area contributed by atoms with Crippen LogP contribution in [0.15, 0.2) is 21.6 Å². The van der Waals surface area contributed by atoms with Crippen molar-refractivity contribution in [2.24, 2.45) is 5.41 Å². The zero-order valence-electron chi connectivity index (χ0n) is 18.6. The number of benzene rings is 1. The van der Waals surface area contributed by atoms with Crippen molar-refractivity contribution in [3.05, 3.63) is 43.9 Å². The monoisotopic (exact) mass is 462 g/mol. The summed E-state index contributed by atoms with van der Waals surface area (Å²) < 4.78 is 10.0. The minimum atomic E-state index is -1.94. The summed E-state index contributed by atoms with van der Waals surface area (Å²) in [5, 5.41) is 1.51. The van der Waals surface area contributed by atoms with Gasteiger partial charge < -0.3 is 0 Å². The molecule has 1 aromatic carbocycles. The molecule has 1 nitrogen and oxygen atoms in total. The number of hydrogen-bond acceptors (Lipinski definition) is 1. The van der Waals surface area contributed by atoms with E-state index >= 15 is 0 Å². The van der Waals surface area contributed by atoms with Gasteiger partial charge in [-0.15, -0.1) is 24.8 Å². The van der Waals surface area contributed by atoms with Crippen molar-refractivity contribution in [2.75, 3.05) is 0 Å². The first kappa shape index (κ1) is 26.9. The molecule has 0 atom stereocenters. The minimum Gasteiger partial charge on any atom is -0.147 e. The van der Waals surface area contributed by atoms with Crippen LogP contribution in [-0.4, -0.2) is 14.1 Å². The standard InChI is InChI=1S/C10H16OSi.C9H13.C3H6.2ClH.Ti/c1-5-6(2)9(11)8(4)10(12)7(5)3;1-9(2,3)8-6-4-5-7-8;1-3-2;;;/h11H,1-4,12H3;4,6H,5H2,1-3H3;1-2H3;2*1H;/q;;;;;+1/p-1. The Morgan fingerprint density at radius 2 is 1.52 bits per heavy atom. The van der Waals surface area contributed by atoms with Gasteiger partial charge in [-0.3, -0.25) is 0 Å². The molecule has 0 aliphatic heterocycles. The molecule has 152 valence electrons. The van der Waals surface area contributed by atoms with Crippen molar-refractivity contribution in [3.8, 4) is 5.75 Å². The van der Waals surface area contributed by atoms with E-state index in [4.69, 9.17) is 3.32 Å². The second-order valence-corrected chi connectivity index (χ2v) is 13.5. The third-order valence-corrected chi connectivity index (χ3v) is 10.8. The van der Waals surface area contributed by atoms with Gasteiger partial charge >= 0.3 is 164 Å². The van der Waals surface area contributed by atoms with Crippen LogP contribution in [0.25, 0.3) is 0 Å². The molecule has 0 fully saturated rings. The Morgan fingerprint density at radius 3 is 2.00 bits per heavy atom. The van der Waals surface area contributed by atoms with Crippen LogP contribution in [0.4, 0.5) is 0 Å². The molecule has 1 aromatic rings. The zero-order valence-corrected chi connectivity index (χ0v) is 23.8. The number of hydrogen-bond donors (Lipinski definition) is 0. The zero-order chi connectivity index (χ0) is 19.1. The molecule has 0 radical (unpaired) electrons. The molecule has 0 spiro atoms. The molecule has 0 saturated carbocycles. The second-order valence-electron chi connectivity index (χ2n) is 8.63. The molecule has 0 amide bonds. The van der Waals surface area contributed by atoms with E-state index in [0.29, 0.717) is 0 Å². The van der Waals surface area contributed by atoms with Gasteiger partial charge in [-0.25, -0.2) is 0 Å². The van der Waals surface area contributed by atoms with E-state index in [1.165, 1.54) is 42.6 Å².